The number of nitrogens with one attached hydrogen (secondary N) is 1. The molecule has 0 aromatic carbocycles. The molecule has 0 radical (unpaired) electrons. The van der Waals surface area contributed by atoms with Crippen LogP contribution in [0.25, 0.3) is 0 Å². The molecule has 0 rings (SSSR count). The third-order valence-electron chi connectivity index (χ3n) is 2.07. The predicted molar refractivity (Wildman–Crippen MR) is 78.4 cm³/mol. The van der Waals surface area contributed by atoms with Gasteiger partial charge in [-0.15, -0.1) is 0 Å². The SMILES string of the molecule is C/C=C/C(C)=C\CC/C=C/C(=O)NCC(C)S. The zero-order valence-corrected chi connectivity index (χ0v) is 11.8. The Hall–Kier alpha value is -0.960. The van der Waals surface area contributed by atoms with E-state index in [1.807, 2.05) is 26.0 Å². The normalized spacial score (nSPS) is 14.5. The Kier molecular flexibility index (Phi) is 9.63. The van der Waals surface area contributed by atoms with E-state index >= 15 is 0 Å². The molecule has 0 aromatic heterocycles. The van der Waals surface area contributed by atoms with Crippen LogP contribution < -0.4 is 5.32 Å². The highest BCUT2D eigenvalue weighted by molar-refractivity contribution is 7.80. The highest BCUT2D eigenvalue weighted by atomic mass is 32.1. The summed E-state index contributed by atoms with van der Waals surface area (Å²) in [5.41, 5.74) is 1.26. The lowest BCUT2D eigenvalue weighted by Gasteiger charge is -2.03. The van der Waals surface area contributed by atoms with E-state index in [0.29, 0.717) is 6.54 Å². The largest absolute Gasteiger partial charge is 0.351 e. The van der Waals surface area contributed by atoms with E-state index in [1.165, 1.54) is 5.57 Å². The molecule has 0 bridgehead atoms. The lowest BCUT2D eigenvalue weighted by atomic mass is 10.2. The van der Waals surface area contributed by atoms with Crippen molar-refractivity contribution < 1.29 is 4.79 Å². The van der Waals surface area contributed by atoms with E-state index in [0.717, 1.165) is 12.8 Å². The highest BCUT2D eigenvalue weighted by Crippen LogP contribution is 2.00. The van der Waals surface area contributed by atoms with Crippen LogP contribution in [0.1, 0.15) is 33.6 Å². The molecule has 1 atom stereocenters. The van der Waals surface area contributed by atoms with E-state index in [9.17, 15) is 4.79 Å². The van der Waals surface area contributed by atoms with Crippen molar-refractivity contribution in [1.29, 1.82) is 0 Å². The fourth-order valence-electron chi connectivity index (χ4n) is 1.24. The predicted octanol–water partition coefficient (Wildman–Crippen LogP) is 3.28. The second kappa shape index (κ2) is 10.2. The summed E-state index contributed by atoms with van der Waals surface area (Å²) in [5, 5.41) is 2.97. The van der Waals surface area contributed by atoms with Gasteiger partial charge in [-0.25, -0.2) is 0 Å². The van der Waals surface area contributed by atoms with E-state index in [2.05, 4.69) is 37.0 Å². The minimum atomic E-state index is -0.0416. The van der Waals surface area contributed by atoms with E-state index < -0.39 is 0 Å². The Balaban J connectivity index is 3.74. The maximum absolute atomic E-state index is 11.3. The first kappa shape index (κ1) is 16.0. The van der Waals surface area contributed by atoms with Gasteiger partial charge in [0.15, 0.2) is 0 Å². The van der Waals surface area contributed by atoms with Gasteiger partial charge in [-0.2, -0.15) is 12.6 Å². The van der Waals surface area contributed by atoms with Crippen LogP contribution in [-0.2, 0) is 4.79 Å². The van der Waals surface area contributed by atoms with Gasteiger partial charge < -0.3 is 5.32 Å². The highest BCUT2D eigenvalue weighted by Gasteiger charge is 1.96. The zero-order chi connectivity index (χ0) is 13.1. The average Bonchev–Trinajstić information content (AvgIpc) is 2.26. The van der Waals surface area contributed by atoms with Gasteiger partial charge in [0.05, 0.1) is 0 Å². The molecule has 1 unspecified atom stereocenters. The number of hydrogen-bond donors (Lipinski definition) is 2. The van der Waals surface area contributed by atoms with Gasteiger partial charge in [-0.3, -0.25) is 4.79 Å². The third-order valence-corrected chi connectivity index (χ3v) is 2.25. The van der Waals surface area contributed by atoms with Crippen LogP contribution in [0, 0.1) is 0 Å². The van der Waals surface area contributed by atoms with Crippen LogP contribution in [0.5, 0.6) is 0 Å². The van der Waals surface area contributed by atoms with Crippen LogP contribution in [0.15, 0.2) is 36.0 Å². The fourth-order valence-corrected chi connectivity index (χ4v) is 1.33. The van der Waals surface area contributed by atoms with Crippen LogP contribution in [0.4, 0.5) is 0 Å². The maximum Gasteiger partial charge on any atom is 0.243 e. The fraction of sp³-hybridized carbons (Fsp3) is 0.500. The smallest absolute Gasteiger partial charge is 0.243 e. The molecule has 96 valence electrons. The van der Waals surface area contributed by atoms with Crippen molar-refractivity contribution in [1.82, 2.24) is 5.32 Å². The first-order valence-electron chi connectivity index (χ1n) is 5.98. The molecule has 1 N–H and O–H groups in total. The van der Waals surface area contributed by atoms with Crippen molar-refractivity contribution in [3.8, 4) is 0 Å². The number of hydrogen-bond acceptors (Lipinski definition) is 2. The van der Waals surface area contributed by atoms with Gasteiger partial charge in [0.1, 0.15) is 0 Å². The molecule has 0 heterocycles. The van der Waals surface area contributed by atoms with Crippen molar-refractivity contribution >= 4 is 18.5 Å². The molecular weight excluding hydrogens is 230 g/mol. The first-order valence-corrected chi connectivity index (χ1v) is 6.49. The van der Waals surface area contributed by atoms with Crippen LogP contribution in [-0.4, -0.2) is 17.7 Å². The van der Waals surface area contributed by atoms with Gasteiger partial charge in [0.25, 0.3) is 0 Å². The Morgan fingerprint density at radius 2 is 2.06 bits per heavy atom. The molecule has 0 fully saturated rings. The molecule has 0 aliphatic rings. The van der Waals surface area contributed by atoms with E-state index in [-0.39, 0.29) is 11.2 Å². The molecule has 3 heteroatoms. The maximum atomic E-state index is 11.3. The number of carbonyl (C=O) groups is 1. The quantitative estimate of drug-likeness (QED) is 0.310. The average molecular weight is 253 g/mol. The summed E-state index contributed by atoms with van der Waals surface area (Å²) in [6.45, 7) is 6.63. The van der Waals surface area contributed by atoms with E-state index in [1.54, 1.807) is 6.08 Å². The Morgan fingerprint density at radius 1 is 1.35 bits per heavy atom. The second-order valence-electron chi connectivity index (χ2n) is 4.02. The summed E-state index contributed by atoms with van der Waals surface area (Å²) in [6.07, 6.45) is 11.6. The molecule has 0 aromatic rings. The first-order chi connectivity index (χ1) is 8.06. The van der Waals surface area contributed by atoms with E-state index in [4.69, 9.17) is 0 Å². The van der Waals surface area contributed by atoms with Gasteiger partial charge in [0, 0.05) is 11.8 Å². The molecule has 17 heavy (non-hydrogen) atoms. The molecule has 0 aliphatic carbocycles. The van der Waals surface area contributed by atoms with Gasteiger partial charge in [-0.05, 0) is 32.8 Å². The van der Waals surface area contributed by atoms with Crippen LogP contribution in [0.2, 0.25) is 0 Å². The summed E-state index contributed by atoms with van der Waals surface area (Å²) in [4.78, 5) is 11.3. The topological polar surface area (TPSA) is 29.1 Å². The summed E-state index contributed by atoms with van der Waals surface area (Å²) in [5.74, 6) is -0.0416. The Bertz CT molecular complexity index is 303. The number of amides is 1. The minimum Gasteiger partial charge on any atom is -0.351 e. The molecule has 0 saturated carbocycles. The van der Waals surface area contributed by atoms with Gasteiger partial charge in [0.2, 0.25) is 5.91 Å². The van der Waals surface area contributed by atoms with Crippen LogP contribution >= 0.6 is 12.6 Å². The molecule has 1 amide bonds. The standard InChI is InChI=1S/C14H23NOS/c1-4-8-12(2)9-6-5-7-10-14(16)15-11-13(3)17/h4,7-10,13,17H,5-6,11H2,1-3H3,(H,15,16)/b8-4+,10-7+,12-9-. The lowest BCUT2D eigenvalue weighted by Crippen LogP contribution is -2.26. The number of rotatable bonds is 7. The summed E-state index contributed by atoms with van der Waals surface area (Å²) in [7, 11) is 0. The van der Waals surface area contributed by atoms with Gasteiger partial charge >= 0.3 is 0 Å². The number of allylic oxidation sites excluding steroid dienone is 5. The van der Waals surface area contributed by atoms with Crippen molar-refractivity contribution in [2.24, 2.45) is 0 Å². The summed E-state index contributed by atoms with van der Waals surface area (Å²) < 4.78 is 0. The third kappa shape index (κ3) is 11.3. The summed E-state index contributed by atoms with van der Waals surface area (Å²) >= 11 is 4.19. The Morgan fingerprint density at radius 3 is 2.65 bits per heavy atom. The molecule has 0 saturated heterocycles. The van der Waals surface area contributed by atoms with Crippen molar-refractivity contribution in [2.75, 3.05) is 6.54 Å². The minimum absolute atomic E-state index is 0.0416. The monoisotopic (exact) mass is 253 g/mol. The molecule has 0 spiro atoms. The van der Waals surface area contributed by atoms with Crippen molar-refractivity contribution in [2.45, 2.75) is 38.9 Å². The molecular formula is C14H23NOS. The second-order valence-corrected chi connectivity index (χ2v) is 4.90. The number of carbonyl (C=O) groups excluding carboxylic acids is 1. The van der Waals surface area contributed by atoms with Crippen molar-refractivity contribution in [3.05, 3.63) is 36.0 Å². The van der Waals surface area contributed by atoms with Gasteiger partial charge in [-0.1, -0.05) is 36.8 Å². The molecule has 0 aliphatic heterocycles. The number of thiol groups is 1. The lowest BCUT2D eigenvalue weighted by molar-refractivity contribution is -0.116. The number of unbranched alkanes of at least 4 members (excludes halogenated alkanes) is 1. The summed E-state index contributed by atoms with van der Waals surface area (Å²) in [6, 6.07) is 0. The van der Waals surface area contributed by atoms with Crippen LogP contribution in [0.3, 0.4) is 0 Å². The molecule has 2 nitrogen and oxygen atoms in total. The zero-order valence-electron chi connectivity index (χ0n) is 10.9. The Labute approximate surface area is 110 Å². The van der Waals surface area contributed by atoms with Crippen molar-refractivity contribution in [3.63, 3.8) is 0 Å².